The number of hydrogen-bond donors (Lipinski definition) is 1. The van der Waals surface area contributed by atoms with E-state index in [1.54, 1.807) is 6.20 Å². The van der Waals surface area contributed by atoms with Crippen molar-refractivity contribution in [3.8, 4) is 0 Å². The minimum Gasteiger partial charge on any atom is -0.302 e. The van der Waals surface area contributed by atoms with Crippen LogP contribution in [0, 0.1) is 0 Å². The monoisotopic (exact) mass is 274 g/mol. The van der Waals surface area contributed by atoms with Gasteiger partial charge in [-0.05, 0) is 24.8 Å². The van der Waals surface area contributed by atoms with Crippen molar-refractivity contribution in [2.24, 2.45) is 0 Å². The maximum atomic E-state index is 11.7. The largest absolute Gasteiger partial charge is 0.302 e. The van der Waals surface area contributed by atoms with Gasteiger partial charge in [-0.2, -0.15) is 8.78 Å². The van der Waals surface area contributed by atoms with E-state index < -0.39 is 6.08 Å². The number of nitrogens with zero attached hydrogens (tertiary/aromatic N) is 1. The quantitative estimate of drug-likeness (QED) is 0.791. The highest BCUT2D eigenvalue weighted by Gasteiger charge is 2.08. The van der Waals surface area contributed by atoms with Gasteiger partial charge in [0.25, 0.3) is 6.08 Å². The molecule has 0 aliphatic heterocycles. The molecular formula is C12H16F2N2OS. The fourth-order valence-electron chi connectivity index (χ4n) is 1.27. The molecule has 0 radical (unpaired) electrons. The summed E-state index contributed by atoms with van der Waals surface area (Å²) >= 11 is 1.44. The maximum Gasteiger partial charge on any atom is 0.266 e. The molecule has 1 amide bonds. The zero-order chi connectivity index (χ0) is 13.5. The van der Waals surface area contributed by atoms with Gasteiger partial charge in [0, 0.05) is 17.5 Å². The number of allylic oxidation sites excluding steroid dienone is 1. The molecule has 0 bridgehead atoms. The van der Waals surface area contributed by atoms with Gasteiger partial charge in [0.2, 0.25) is 5.91 Å². The predicted molar refractivity (Wildman–Crippen MR) is 69.0 cm³/mol. The van der Waals surface area contributed by atoms with E-state index in [0.29, 0.717) is 17.5 Å². The molecule has 0 saturated carbocycles. The van der Waals surface area contributed by atoms with Gasteiger partial charge in [-0.1, -0.05) is 13.8 Å². The highest BCUT2D eigenvalue weighted by Crippen LogP contribution is 2.25. The first-order valence-corrected chi connectivity index (χ1v) is 6.57. The lowest BCUT2D eigenvalue weighted by molar-refractivity contribution is -0.116. The molecule has 6 heteroatoms. The molecule has 18 heavy (non-hydrogen) atoms. The molecule has 0 atom stereocenters. The summed E-state index contributed by atoms with van der Waals surface area (Å²) in [5.41, 5.74) is 0. The zero-order valence-electron chi connectivity index (χ0n) is 10.4. The van der Waals surface area contributed by atoms with Crippen molar-refractivity contribution >= 4 is 22.4 Å². The van der Waals surface area contributed by atoms with Gasteiger partial charge in [0.15, 0.2) is 5.13 Å². The average Bonchev–Trinajstić information content (AvgIpc) is 2.72. The molecule has 1 N–H and O–H groups in total. The first-order chi connectivity index (χ1) is 8.49. The van der Waals surface area contributed by atoms with Crippen molar-refractivity contribution in [2.75, 3.05) is 5.32 Å². The van der Waals surface area contributed by atoms with Gasteiger partial charge in [-0.15, -0.1) is 11.3 Å². The van der Waals surface area contributed by atoms with E-state index in [1.165, 1.54) is 11.3 Å². The molecule has 100 valence electrons. The summed E-state index contributed by atoms with van der Waals surface area (Å²) in [6, 6.07) is 0. The number of carbonyl (C=O) groups is 1. The fourth-order valence-corrected chi connectivity index (χ4v) is 2.10. The van der Waals surface area contributed by atoms with Crippen molar-refractivity contribution in [3.63, 3.8) is 0 Å². The van der Waals surface area contributed by atoms with Gasteiger partial charge in [-0.3, -0.25) is 4.79 Å². The lowest BCUT2D eigenvalue weighted by Gasteiger charge is -2.00. The van der Waals surface area contributed by atoms with Gasteiger partial charge in [0.1, 0.15) is 0 Å². The van der Waals surface area contributed by atoms with Crippen LogP contribution in [-0.2, 0) is 4.79 Å². The third-order valence-electron chi connectivity index (χ3n) is 2.25. The summed E-state index contributed by atoms with van der Waals surface area (Å²) in [6.07, 6.45) is 1.72. The number of nitrogens with one attached hydrogen (secondary N) is 1. The van der Waals surface area contributed by atoms with Crippen LogP contribution in [0.25, 0.3) is 0 Å². The molecule has 0 saturated heterocycles. The molecule has 0 spiro atoms. The Balaban J connectivity index is 2.33. The average molecular weight is 274 g/mol. The number of unbranched alkanes of at least 4 members (excludes halogenated alkanes) is 1. The highest BCUT2D eigenvalue weighted by atomic mass is 32.1. The van der Waals surface area contributed by atoms with Gasteiger partial charge < -0.3 is 5.32 Å². The molecule has 3 nitrogen and oxygen atoms in total. The van der Waals surface area contributed by atoms with Crippen molar-refractivity contribution in [1.82, 2.24) is 4.98 Å². The van der Waals surface area contributed by atoms with E-state index in [2.05, 4.69) is 24.1 Å². The van der Waals surface area contributed by atoms with Crippen molar-refractivity contribution in [3.05, 3.63) is 23.2 Å². The van der Waals surface area contributed by atoms with Gasteiger partial charge >= 0.3 is 0 Å². The molecule has 1 heterocycles. The van der Waals surface area contributed by atoms with Crippen LogP contribution in [0.5, 0.6) is 0 Å². The number of anilines is 1. The number of halogens is 2. The second-order valence-corrected chi connectivity index (χ2v) is 5.22. The minimum absolute atomic E-state index is 0.188. The van der Waals surface area contributed by atoms with Crippen molar-refractivity contribution < 1.29 is 13.6 Å². The zero-order valence-corrected chi connectivity index (χ0v) is 11.2. The number of carbonyl (C=O) groups excluding carboxylic acids is 1. The van der Waals surface area contributed by atoms with E-state index in [4.69, 9.17) is 0 Å². The van der Waals surface area contributed by atoms with E-state index in [9.17, 15) is 13.6 Å². The standard InChI is InChI=1S/C12H16F2N2OS/c1-8(2)9-7-15-12(18-9)16-11(17)6-4-3-5-10(13)14/h5,7-8H,3-4,6H2,1-2H3,(H,15,16,17). The molecule has 1 aromatic heterocycles. The molecule has 1 aromatic rings. The third kappa shape index (κ3) is 5.35. The van der Waals surface area contributed by atoms with Crippen LogP contribution in [0.3, 0.4) is 0 Å². The second kappa shape index (κ2) is 7.20. The summed E-state index contributed by atoms with van der Waals surface area (Å²) in [4.78, 5) is 16.7. The first-order valence-electron chi connectivity index (χ1n) is 5.75. The Hall–Kier alpha value is -1.30. The summed E-state index contributed by atoms with van der Waals surface area (Å²) in [6.45, 7) is 4.11. The van der Waals surface area contributed by atoms with Crippen LogP contribution in [-0.4, -0.2) is 10.9 Å². The predicted octanol–water partition coefficient (Wildman–Crippen LogP) is 4.16. The summed E-state index contributed by atoms with van der Waals surface area (Å²) in [7, 11) is 0. The molecule has 0 unspecified atom stereocenters. The molecule has 0 fully saturated rings. The second-order valence-electron chi connectivity index (χ2n) is 4.16. The Morgan fingerprint density at radius 1 is 1.56 bits per heavy atom. The van der Waals surface area contributed by atoms with Crippen LogP contribution in [0.15, 0.2) is 18.4 Å². The van der Waals surface area contributed by atoms with E-state index in [1.807, 2.05) is 0 Å². The third-order valence-corrected chi connectivity index (χ3v) is 3.46. The number of thiazole rings is 1. The SMILES string of the molecule is CC(C)c1cnc(NC(=O)CCCC=C(F)F)s1. The van der Waals surface area contributed by atoms with E-state index in [0.717, 1.165) is 11.0 Å². The molecule has 0 aliphatic carbocycles. The van der Waals surface area contributed by atoms with Crippen LogP contribution >= 0.6 is 11.3 Å². The first kappa shape index (κ1) is 14.8. The number of aromatic nitrogens is 1. The maximum absolute atomic E-state index is 11.7. The lowest BCUT2D eigenvalue weighted by Crippen LogP contribution is -2.10. The van der Waals surface area contributed by atoms with Crippen molar-refractivity contribution in [2.45, 2.75) is 39.0 Å². The van der Waals surface area contributed by atoms with E-state index >= 15 is 0 Å². The summed E-state index contributed by atoms with van der Waals surface area (Å²) in [5.74, 6) is 0.193. The Labute approximate surface area is 109 Å². The Kier molecular flexibility index (Phi) is 5.91. The summed E-state index contributed by atoms with van der Waals surface area (Å²) in [5, 5.41) is 3.23. The van der Waals surface area contributed by atoms with E-state index in [-0.39, 0.29) is 18.7 Å². The fraction of sp³-hybridized carbons (Fsp3) is 0.500. The smallest absolute Gasteiger partial charge is 0.266 e. The Bertz CT molecular complexity index is 425. The molecule has 0 aliphatic rings. The topological polar surface area (TPSA) is 42.0 Å². The minimum atomic E-state index is -1.70. The number of amides is 1. The normalized spacial score (nSPS) is 10.5. The lowest BCUT2D eigenvalue weighted by atomic mass is 10.2. The van der Waals surface area contributed by atoms with Crippen LogP contribution < -0.4 is 5.32 Å². The number of rotatable bonds is 6. The van der Waals surface area contributed by atoms with Crippen LogP contribution in [0.1, 0.15) is 43.9 Å². The van der Waals surface area contributed by atoms with Gasteiger partial charge in [0.05, 0.1) is 0 Å². The van der Waals surface area contributed by atoms with Crippen LogP contribution in [0.4, 0.5) is 13.9 Å². The van der Waals surface area contributed by atoms with Crippen molar-refractivity contribution in [1.29, 1.82) is 0 Å². The highest BCUT2D eigenvalue weighted by molar-refractivity contribution is 7.15. The Morgan fingerprint density at radius 3 is 2.83 bits per heavy atom. The van der Waals surface area contributed by atoms with Gasteiger partial charge in [-0.25, -0.2) is 4.98 Å². The summed E-state index contributed by atoms with van der Waals surface area (Å²) < 4.78 is 23.5. The molecular weight excluding hydrogens is 258 g/mol. The van der Waals surface area contributed by atoms with Crippen LogP contribution in [0.2, 0.25) is 0 Å². The number of hydrogen-bond acceptors (Lipinski definition) is 3. The Morgan fingerprint density at radius 2 is 2.28 bits per heavy atom. The molecule has 1 rings (SSSR count). The molecule has 0 aromatic carbocycles.